The van der Waals surface area contributed by atoms with Crippen LogP contribution in [0.25, 0.3) is 0 Å². The van der Waals surface area contributed by atoms with Crippen molar-refractivity contribution in [3.63, 3.8) is 0 Å². The van der Waals surface area contributed by atoms with Crippen LogP contribution in [0.5, 0.6) is 0 Å². The highest BCUT2D eigenvalue weighted by Gasteiger charge is 2.31. The first-order chi connectivity index (χ1) is 20.7. The molecular formula is C31H41FN6O6. The molecule has 0 saturated heterocycles. The number of amides is 4. The predicted octanol–water partition coefficient (Wildman–Crippen LogP) is 2.45. The molecule has 13 heteroatoms. The molecule has 3 unspecified atom stereocenters. The lowest BCUT2D eigenvalue weighted by Crippen LogP contribution is -2.57. The van der Waals surface area contributed by atoms with Gasteiger partial charge >= 0.3 is 0 Å². The summed E-state index contributed by atoms with van der Waals surface area (Å²) in [5, 5.41) is 30.8. The number of unbranched alkanes of at least 4 members (excludes halogenated alkanes) is 1. The summed E-state index contributed by atoms with van der Waals surface area (Å²) in [5.74, 6) is -2.67. The van der Waals surface area contributed by atoms with Gasteiger partial charge in [-0.25, -0.2) is 4.39 Å². The van der Waals surface area contributed by atoms with E-state index in [1.165, 1.54) is 24.0 Å². The Morgan fingerprint density at radius 3 is 2.39 bits per heavy atom. The molecule has 0 aliphatic rings. The Bertz CT molecular complexity index is 1400. The molecule has 0 aliphatic heterocycles. The van der Waals surface area contributed by atoms with Crippen LogP contribution in [0.4, 0.5) is 4.39 Å². The van der Waals surface area contributed by atoms with Crippen LogP contribution in [0.15, 0.2) is 40.4 Å². The zero-order chi connectivity index (χ0) is 33.0. The van der Waals surface area contributed by atoms with Crippen molar-refractivity contribution in [3.8, 4) is 6.07 Å². The molecule has 4 N–H and O–H groups in total. The number of benzene rings is 1. The van der Waals surface area contributed by atoms with E-state index in [0.717, 1.165) is 5.56 Å². The molecule has 1 aromatic heterocycles. The summed E-state index contributed by atoms with van der Waals surface area (Å²) in [6, 6.07) is 5.36. The average molecular weight is 613 g/mol. The number of hydrogen-bond acceptors (Lipinski definition) is 8. The van der Waals surface area contributed by atoms with Gasteiger partial charge in [0, 0.05) is 31.8 Å². The Hall–Kier alpha value is -4.57. The fraction of sp³-hybridized carbons (Fsp3) is 0.484. The average Bonchev–Trinajstić information content (AvgIpc) is 3.40. The minimum absolute atomic E-state index is 0.0218. The first-order valence-electron chi connectivity index (χ1n) is 14.4. The highest BCUT2D eigenvalue weighted by molar-refractivity contribution is 5.98. The van der Waals surface area contributed by atoms with Crippen molar-refractivity contribution in [3.05, 3.63) is 64.3 Å². The highest BCUT2D eigenvalue weighted by atomic mass is 19.1. The van der Waals surface area contributed by atoms with Crippen LogP contribution in [0, 0.1) is 36.9 Å². The Labute approximate surface area is 256 Å². The number of carbonyl (C=O) groups is 4. The molecule has 0 saturated carbocycles. The van der Waals surface area contributed by atoms with Crippen molar-refractivity contribution in [1.29, 1.82) is 5.26 Å². The van der Waals surface area contributed by atoms with Gasteiger partial charge in [-0.15, -0.1) is 0 Å². The lowest BCUT2D eigenvalue weighted by atomic mass is 10.1. The number of carbonyl (C=O) groups excluding carboxylic acids is 4. The van der Waals surface area contributed by atoms with Crippen LogP contribution in [0.1, 0.15) is 67.4 Å². The number of aliphatic hydroxyl groups is 1. The SMILES string of the molecule is Cc1ccc(CNC(=O)C(CCCCN(C)C(=O)C(C#N)=CC(C)C)NC(=O)C(NC(=O)c2cc(C)on2)C(C)O)c(F)c1. The molecule has 2 rings (SSSR count). The third-order valence-electron chi connectivity index (χ3n) is 6.64. The summed E-state index contributed by atoms with van der Waals surface area (Å²) < 4.78 is 19.2. The normalized spacial score (nSPS) is 13.4. The number of allylic oxidation sites excluding steroid dienone is 1. The highest BCUT2D eigenvalue weighted by Crippen LogP contribution is 2.12. The quantitative estimate of drug-likeness (QED) is 0.135. The van der Waals surface area contributed by atoms with Crippen LogP contribution >= 0.6 is 0 Å². The fourth-order valence-corrected chi connectivity index (χ4v) is 4.22. The molecule has 0 spiro atoms. The van der Waals surface area contributed by atoms with Crippen molar-refractivity contribution < 1.29 is 33.2 Å². The van der Waals surface area contributed by atoms with E-state index >= 15 is 0 Å². The maximum atomic E-state index is 14.4. The lowest BCUT2D eigenvalue weighted by molar-refractivity contribution is -0.131. The number of nitrogens with zero attached hydrogens (tertiary/aromatic N) is 3. The van der Waals surface area contributed by atoms with E-state index in [4.69, 9.17) is 4.52 Å². The summed E-state index contributed by atoms with van der Waals surface area (Å²) >= 11 is 0. The smallest absolute Gasteiger partial charge is 0.274 e. The van der Waals surface area contributed by atoms with Crippen LogP contribution in [0.3, 0.4) is 0 Å². The lowest BCUT2D eigenvalue weighted by Gasteiger charge is -2.25. The molecule has 0 bridgehead atoms. The van der Waals surface area contributed by atoms with Crippen molar-refractivity contribution in [2.45, 2.75) is 78.6 Å². The number of rotatable bonds is 15. The first-order valence-corrected chi connectivity index (χ1v) is 14.4. The maximum absolute atomic E-state index is 14.4. The van der Waals surface area contributed by atoms with E-state index < -0.39 is 47.6 Å². The Morgan fingerprint density at radius 2 is 1.82 bits per heavy atom. The van der Waals surface area contributed by atoms with Gasteiger partial charge in [0.25, 0.3) is 11.8 Å². The molecule has 0 radical (unpaired) electrons. The first kappa shape index (κ1) is 35.6. The molecule has 12 nitrogen and oxygen atoms in total. The zero-order valence-electron chi connectivity index (χ0n) is 25.9. The number of likely N-dealkylation sites (N-methyl/N-ethyl adjacent to an activating group) is 1. The van der Waals surface area contributed by atoms with Crippen molar-refractivity contribution in [2.24, 2.45) is 5.92 Å². The molecule has 1 aromatic carbocycles. The fourth-order valence-electron chi connectivity index (χ4n) is 4.22. The second-order valence-electron chi connectivity index (χ2n) is 11.0. The summed E-state index contributed by atoms with van der Waals surface area (Å²) in [4.78, 5) is 53.0. The predicted molar refractivity (Wildman–Crippen MR) is 159 cm³/mol. The molecule has 0 aliphatic carbocycles. The van der Waals surface area contributed by atoms with Gasteiger partial charge in [0.05, 0.1) is 6.10 Å². The largest absolute Gasteiger partial charge is 0.391 e. The molecule has 4 amide bonds. The van der Waals surface area contributed by atoms with Crippen molar-refractivity contribution >= 4 is 23.6 Å². The molecule has 3 atom stereocenters. The summed E-state index contributed by atoms with van der Waals surface area (Å²) in [6.45, 7) is 8.52. The molecule has 0 fully saturated rings. The Balaban J connectivity index is 2.12. The van der Waals surface area contributed by atoms with E-state index in [-0.39, 0.29) is 42.3 Å². The number of nitriles is 1. The maximum Gasteiger partial charge on any atom is 0.274 e. The topological polar surface area (TPSA) is 178 Å². The van der Waals surface area contributed by atoms with E-state index in [9.17, 15) is 33.9 Å². The number of hydrogen-bond donors (Lipinski definition) is 4. The van der Waals surface area contributed by atoms with Crippen molar-refractivity contribution in [1.82, 2.24) is 26.0 Å². The van der Waals surface area contributed by atoms with Gasteiger partial charge in [-0.2, -0.15) is 5.26 Å². The zero-order valence-corrected chi connectivity index (χ0v) is 25.9. The Kier molecular flexibility index (Phi) is 13.7. The van der Waals surface area contributed by atoms with Crippen LogP contribution in [-0.2, 0) is 20.9 Å². The second-order valence-corrected chi connectivity index (χ2v) is 11.0. The molecule has 2 aromatic rings. The van der Waals surface area contributed by atoms with Crippen LogP contribution in [0.2, 0.25) is 0 Å². The van der Waals surface area contributed by atoms with Gasteiger partial charge in [-0.3, -0.25) is 19.2 Å². The van der Waals surface area contributed by atoms with Crippen LogP contribution in [-0.4, -0.2) is 70.6 Å². The minimum Gasteiger partial charge on any atom is -0.391 e. The minimum atomic E-state index is -1.43. The second kappa shape index (κ2) is 16.9. The number of aliphatic hydroxyl groups excluding tert-OH is 1. The van der Waals surface area contributed by atoms with Gasteiger partial charge in [-0.1, -0.05) is 37.2 Å². The van der Waals surface area contributed by atoms with Gasteiger partial charge in [-0.05, 0) is 57.6 Å². The Morgan fingerprint density at radius 1 is 1.11 bits per heavy atom. The summed E-state index contributed by atoms with van der Waals surface area (Å²) in [6.07, 6.45) is 1.22. The molecule has 238 valence electrons. The van der Waals surface area contributed by atoms with E-state index in [0.29, 0.717) is 18.6 Å². The van der Waals surface area contributed by atoms with Crippen LogP contribution < -0.4 is 16.0 Å². The number of aromatic nitrogens is 1. The summed E-state index contributed by atoms with van der Waals surface area (Å²) in [5.41, 5.74) is 0.938. The van der Waals surface area contributed by atoms with E-state index in [1.54, 1.807) is 39.1 Å². The molecule has 44 heavy (non-hydrogen) atoms. The third kappa shape index (κ3) is 10.9. The van der Waals surface area contributed by atoms with Crippen molar-refractivity contribution in [2.75, 3.05) is 13.6 Å². The number of aryl methyl sites for hydroxylation is 2. The van der Waals surface area contributed by atoms with E-state index in [2.05, 4.69) is 21.1 Å². The third-order valence-corrected chi connectivity index (χ3v) is 6.64. The van der Waals surface area contributed by atoms with Gasteiger partial charge in [0.15, 0.2) is 5.69 Å². The van der Waals surface area contributed by atoms with Gasteiger partial charge < -0.3 is 30.5 Å². The summed E-state index contributed by atoms with van der Waals surface area (Å²) in [7, 11) is 1.57. The number of nitrogens with one attached hydrogen (secondary N) is 3. The molecule has 1 heterocycles. The standard InChI is InChI=1S/C31H41FN6O6/c1-18(2)13-23(16-33)31(43)38(6)12-8-7-9-25(28(40)34-17-22-11-10-19(3)14-24(22)32)35-30(42)27(21(5)39)36-29(41)26-15-20(4)44-37-26/h10-11,13-15,18,21,25,27,39H,7-9,12,17H2,1-6H3,(H,34,40)(H,35,42)(H,36,41). The molecular weight excluding hydrogens is 571 g/mol. The monoisotopic (exact) mass is 612 g/mol. The van der Waals surface area contributed by atoms with Gasteiger partial charge in [0.1, 0.15) is 35.3 Å². The van der Waals surface area contributed by atoms with E-state index in [1.807, 2.05) is 19.9 Å². The van der Waals surface area contributed by atoms with Gasteiger partial charge in [0.2, 0.25) is 11.8 Å². The number of halogens is 1.